The molecule has 1 N–H and O–H groups in total. The van der Waals surface area contributed by atoms with Gasteiger partial charge in [0.1, 0.15) is 0 Å². The van der Waals surface area contributed by atoms with Crippen LogP contribution in [0.15, 0.2) is 36.9 Å². The lowest BCUT2D eigenvalue weighted by Gasteiger charge is -2.34. The highest BCUT2D eigenvalue weighted by atomic mass is 16.5. The molecule has 0 fully saturated rings. The summed E-state index contributed by atoms with van der Waals surface area (Å²) in [5.41, 5.74) is 5.69. The molecular formula is C19H24N6O. The third-order valence-electron chi connectivity index (χ3n) is 4.87. The van der Waals surface area contributed by atoms with Crippen LogP contribution in [0.25, 0.3) is 0 Å². The summed E-state index contributed by atoms with van der Waals surface area (Å²) in [6.45, 7) is 4.89. The lowest BCUT2D eigenvalue weighted by molar-refractivity contribution is 0.0354. The average Bonchev–Trinajstić information content (AvgIpc) is 3.22. The highest BCUT2D eigenvalue weighted by Gasteiger charge is 2.29. The second-order valence-corrected chi connectivity index (χ2v) is 6.93. The first-order valence-corrected chi connectivity index (χ1v) is 8.89. The van der Waals surface area contributed by atoms with E-state index in [1.54, 1.807) is 6.20 Å². The van der Waals surface area contributed by atoms with Crippen LogP contribution in [0.5, 0.6) is 0 Å². The van der Waals surface area contributed by atoms with Gasteiger partial charge in [0, 0.05) is 56.4 Å². The number of aryl methyl sites for hydroxylation is 2. The van der Waals surface area contributed by atoms with Crippen molar-refractivity contribution in [3.63, 3.8) is 0 Å². The maximum Gasteiger partial charge on any atom is 0.0949 e. The monoisotopic (exact) mass is 352 g/mol. The van der Waals surface area contributed by atoms with Crippen molar-refractivity contribution in [3.05, 3.63) is 65.3 Å². The fraction of sp³-hybridized carbons (Fsp3) is 0.421. The molecule has 1 aliphatic rings. The van der Waals surface area contributed by atoms with Crippen molar-refractivity contribution in [2.75, 3.05) is 6.61 Å². The molecule has 3 aromatic heterocycles. The van der Waals surface area contributed by atoms with Crippen LogP contribution < -0.4 is 0 Å². The Morgan fingerprint density at radius 1 is 1.38 bits per heavy atom. The van der Waals surface area contributed by atoms with Crippen molar-refractivity contribution < 1.29 is 4.74 Å². The van der Waals surface area contributed by atoms with Crippen molar-refractivity contribution in [3.8, 4) is 0 Å². The van der Waals surface area contributed by atoms with Crippen LogP contribution >= 0.6 is 0 Å². The molecule has 136 valence electrons. The van der Waals surface area contributed by atoms with E-state index in [9.17, 15) is 0 Å². The lowest BCUT2D eigenvalue weighted by Crippen LogP contribution is -2.43. The van der Waals surface area contributed by atoms with E-state index < -0.39 is 0 Å². The van der Waals surface area contributed by atoms with Gasteiger partial charge in [0.2, 0.25) is 0 Å². The molecule has 3 aromatic rings. The Balaban J connectivity index is 1.46. The standard InChI is InChI=1S/C19H24N6O/c1-14-6-16(23-22-14)9-25-10-18-19(24(2)13-21-18)7-17(25)12-26-11-15-4-3-5-20-8-15/h3-6,8,13,17H,7,9-12H2,1-2H3,(H,22,23). The maximum absolute atomic E-state index is 6.02. The number of ether oxygens (including phenoxy) is 1. The molecule has 0 saturated heterocycles. The summed E-state index contributed by atoms with van der Waals surface area (Å²) in [7, 11) is 2.06. The number of H-pyrrole nitrogens is 1. The maximum atomic E-state index is 6.02. The van der Waals surface area contributed by atoms with Gasteiger partial charge in [-0.1, -0.05) is 6.07 Å². The highest BCUT2D eigenvalue weighted by Crippen LogP contribution is 2.24. The van der Waals surface area contributed by atoms with Crippen LogP contribution in [0.2, 0.25) is 0 Å². The van der Waals surface area contributed by atoms with Gasteiger partial charge in [-0.3, -0.25) is 15.0 Å². The lowest BCUT2D eigenvalue weighted by atomic mass is 10.0. The summed E-state index contributed by atoms with van der Waals surface area (Å²) in [6.07, 6.45) is 6.47. The van der Waals surface area contributed by atoms with Gasteiger partial charge in [-0.05, 0) is 24.6 Å². The van der Waals surface area contributed by atoms with E-state index in [0.717, 1.165) is 42.2 Å². The molecule has 0 aliphatic carbocycles. The molecule has 1 unspecified atom stereocenters. The van der Waals surface area contributed by atoms with Gasteiger partial charge < -0.3 is 9.30 Å². The summed E-state index contributed by atoms with van der Waals surface area (Å²) in [4.78, 5) is 11.1. The van der Waals surface area contributed by atoms with Crippen LogP contribution in [0.1, 0.15) is 28.3 Å². The van der Waals surface area contributed by atoms with E-state index in [1.165, 1.54) is 5.69 Å². The van der Waals surface area contributed by atoms with Crippen molar-refractivity contribution in [1.82, 2.24) is 29.6 Å². The Morgan fingerprint density at radius 3 is 3.08 bits per heavy atom. The predicted molar refractivity (Wildman–Crippen MR) is 97.2 cm³/mol. The number of hydrogen-bond acceptors (Lipinski definition) is 5. The molecule has 0 bridgehead atoms. The minimum Gasteiger partial charge on any atom is -0.375 e. The Labute approximate surface area is 153 Å². The number of nitrogens with zero attached hydrogens (tertiary/aromatic N) is 5. The van der Waals surface area contributed by atoms with Crippen molar-refractivity contribution in [2.24, 2.45) is 7.05 Å². The molecule has 26 heavy (non-hydrogen) atoms. The zero-order valence-electron chi connectivity index (χ0n) is 15.2. The Morgan fingerprint density at radius 2 is 2.31 bits per heavy atom. The summed E-state index contributed by atoms with van der Waals surface area (Å²) in [5.74, 6) is 0. The molecule has 0 radical (unpaired) electrons. The van der Waals surface area contributed by atoms with E-state index in [1.807, 2.05) is 31.6 Å². The van der Waals surface area contributed by atoms with Gasteiger partial charge in [-0.25, -0.2) is 4.98 Å². The summed E-state index contributed by atoms with van der Waals surface area (Å²) < 4.78 is 8.15. The molecule has 0 saturated carbocycles. The number of nitrogens with one attached hydrogen (secondary N) is 1. The van der Waals surface area contributed by atoms with Crippen molar-refractivity contribution in [1.29, 1.82) is 0 Å². The first-order chi connectivity index (χ1) is 12.7. The Kier molecular flexibility index (Phi) is 4.81. The topological polar surface area (TPSA) is 71.9 Å². The van der Waals surface area contributed by atoms with E-state index in [2.05, 4.69) is 42.7 Å². The van der Waals surface area contributed by atoms with Crippen LogP contribution in [-0.2, 0) is 37.9 Å². The number of aromatic nitrogens is 5. The van der Waals surface area contributed by atoms with Crippen LogP contribution in [0.3, 0.4) is 0 Å². The number of aromatic amines is 1. The summed E-state index contributed by atoms with van der Waals surface area (Å²) in [6, 6.07) is 6.37. The van der Waals surface area contributed by atoms with Gasteiger partial charge in [-0.15, -0.1) is 0 Å². The molecule has 4 rings (SSSR count). The Bertz CT molecular complexity index is 856. The minimum atomic E-state index is 0.298. The first kappa shape index (κ1) is 16.9. The van der Waals surface area contributed by atoms with Crippen LogP contribution in [0, 0.1) is 6.92 Å². The molecule has 4 heterocycles. The summed E-state index contributed by atoms with van der Waals surface area (Å²) >= 11 is 0. The smallest absolute Gasteiger partial charge is 0.0949 e. The number of hydrogen-bond donors (Lipinski definition) is 1. The predicted octanol–water partition coefficient (Wildman–Crippen LogP) is 1.99. The summed E-state index contributed by atoms with van der Waals surface area (Å²) in [5, 5.41) is 7.42. The molecule has 1 atom stereocenters. The average molecular weight is 352 g/mol. The van der Waals surface area contributed by atoms with E-state index in [4.69, 9.17) is 4.74 Å². The fourth-order valence-electron chi connectivity index (χ4n) is 3.48. The third kappa shape index (κ3) is 3.68. The van der Waals surface area contributed by atoms with Crippen LogP contribution in [0.4, 0.5) is 0 Å². The zero-order chi connectivity index (χ0) is 17.9. The third-order valence-corrected chi connectivity index (χ3v) is 4.87. The van der Waals surface area contributed by atoms with E-state index in [-0.39, 0.29) is 0 Å². The van der Waals surface area contributed by atoms with E-state index >= 15 is 0 Å². The van der Waals surface area contributed by atoms with Gasteiger partial charge in [0.05, 0.1) is 30.9 Å². The normalized spacial score (nSPS) is 17.4. The first-order valence-electron chi connectivity index (χ1n) is 8.89. The van der Waals surface area contributed by atoms with Crippen molar-refractivity contribution >= 4 is 0 Å². The number of rotatable bonds is 6. The largest absolute Gasteiger partial charge is 0.375 e. The molecule has 0 aromatic carbocycles. The molecule has 7 heteroatoms. The molecular weight excluding hydrogens is 328 g/mol. The minimum absolute atomic E-state index is 0.298. The van der Waals surface area contributed by atoms with Gasteiger partial charge in [-0.2, -0.15) is 5.10 Å². The fourth-order valence-corrected chi connectivity index (χ4v) is 3.48. The van der Waals surface area contributed by atoms with Gasteiger partial charge in [0.25, 0.3) is 0 Å². The Hall–Kier alpha value is -2.51. The number of imidazole rings is 1. The SMILES string of the molecule is Cc1cc(CN2Cc3ncn(C)c3CC2COCc2cccnc2)n[nH]1. The van der Waals surface area contributed by atoms with Crippen LogP contribution in [-0.4, -0.2) is 42.3 Å². The molecule has 7 nitrogen and oxygen atoms in total. The quantitative estimate of drug-likeness (QED) is 0.735. The second kappa shape index (κ2) is 7.39. The zero-order valence-corrected chi connectivity index (χ0v) is 15.2. The number of pyridine rings is 1. The molecule has 1 aliphatic heterocycles. The number of fused-ring (bicyclic) bond motifs is 1. The molecule has 0 spiro atoms. The van der Waals surface area contributed by atoms with Gasteiger partial charge >= 0.3 is 0 Å². The van der Waals surface area contributed by atoms with Gasteiger partial charge in [0.15, 0.2) is 0 Å². The highest BCUT2D eigenvalue weighted by molar-refractivity contribution is 5.19. The van der Waals surface area contributed by atoms with Crippen molar-refractivity contribution in [2.45, 2.75) is 39.1 Å². The second-order valence-electron chi connectivity index (χ2n) is 6.93. The molecule has 0 amide bonds. The van der Waals surface area contributed by atoms with E-state index in [0.29, 0.717) is 19.3 Å².